The fourth-order valence-electron chi connectivity index (χ4n) is 2.96. The summed E-state index contributed by atoms with van der Waals surface area (Å²) in [5.41, 5.74) is 2.57. The van der Waals surface area contributed by atoms with Crippen LogP contribution in [-0.2, 0) is 0 Å². The lowest BCUT2D eigenvalue weighted by Crippen LogP contribution is -1.98. The predicted octanol–water partition coefficient (Wildman–Crippen LogP) is 3.71. The van der Waals surface area contributed by atoms with E-state index in [0.29, 0.717) is 11.6 Å². The van der Waals surface area contributed by atoms with Crippen LogP contribution in [0.1, 0.15) is 47.7 Å². The van der Waals surface area contributed by atoms with Crippen molar-refractivity contribution in [2.24, 2.45) is 0 Å². The van der Waals surface area contributed by atoms with Crippen LogP contribution in [0.5, 0.6) is 5.75 Å². The van der Waals surface area contributed by atoms with Gasteiger partial charge in [0, 0.05) is 11.6 Å². The van der Waals surface area contributed by atoms with Crippen LogP contribution in [0, 0.1) is 0 Å². The Bertz CT molecular complexity index is 656. The Balaban J connectivity index is 1.98. The number of benzene rings is 1. The molecule has 110 valence electrons. The van der Waals surface area contributed by atoms with Crippen LogP contribution in [0.4, 0.5) is 0 Å². The van der Waals surface area contributed by atoms with E-state index in [1.165, 1.54) is 37.3 Å². The Morgan fingerprint density at radius 3 is 2.71 bits per heavy atom. The SMILES string of the molecule is COc1ccc(-c2cc(C(=O)O)on2)cc1C1CCCC1. The van der Waals surface area contributed by atoms with E-state index in [2.05, 4.69) is 5.16 Å². The first-order valence-corrected chi connectivity index (χ1v) is 7.07. The van der Waals surface area contributed by atoms with E-state index in [1.807, 2.05) is 18.2 Å². The van der Waals surface area contributed by atoms with Crippen molar-refractivity contribution in [2.75, 3.05) is 7.11 Å². The fourth-order valence-corrected chi connectivity index (χ4v) is 2.96. The Labute approximate surface area is 122 Å². The second kappa shape index (κ2) is 5.60. The predicted molar refractivity (Wildman–Crippen MR) is 76.7 cm³/mol. The Kier molecular flexibility index (Phi) is 3.64. The zero-order chi connectivity index (χ0) is 14.8. The highest BCUT2D eigenvalue weighted by Crippen LogP contribution is 2.40. The Morgan fingerprint density at radius 2 is 2.10 bits per heavy atom. The Hall–Kier alpha value is -2.30. The van der Waals surface area contributed by atoms with Gasteiger partial charge in [-0.25, -0.2) is 4.79 Å². The van der Waals surface area contributed by atoms with Crippen molar-refractivity contribution in [3.63, 3.8) is 0 Å². The van der Waals surface area contributed by atoms with E-state index in [0.717, 1.165) is 11.3 Å². The standard InChI is InChI=1S/C16H17NO4/c1-20-14-7-6-11(8-12(14)10-4-2-3-5-10)13-9-15(16(18)19)21-17-13/h6-10H,2-5H2,1H3,(H,18,19). The third-order valence-corrected chi connectivity index (χ3v) is 4.04. The number of hydrogen-bond acceptors (Lipinski definition) is 4. The van der Waals surface area contributed by atoms with E-state index in [1.54, 1.807) is 7.11 Å². The number of ether oxygens (including phenoxy) is 1. The summed E-state index contributed by atoms with van der Waals surface area (Å²) < 4.78 is 10.3. The fraction of sp³-hybridized carbons (Fsp3) is 0.375. The highest BCUT2D eigenvalue weighted by Gasteiger charge is 2.22. The lowest BCUT2D eigenvalue weighted by atomic mass is 9.94. The van der Waals surface area contributed by atoms with Crippen LogP contribution in [0.15, 0.2) is 28.8 Å². The number of carbonyl (C=O) groups is 1. The molecular weight excluding hydrogens is 270 g/mol. The number of aromatic carboxylic acids is 1. The molecule has 0 bridgehead atoms. The molecule has 0 aliphatic heterocycles. The van der Waals surface area contributed by atoms with Crippen molar-refractivity contribution >= 4 is 5.97 Å². The van der Waals surface area contributed by atoms with Gasteiger partial charge < -0.3 is 14.4 Å². The van der Waals surface area contributed by atoms with Crippen LogP contribution < -0.4 is 4.74 Å². The first kappa shape index (κ1) is 13.7. The largest absolute Gasteiger partial charge is 0.496 e. The van der Waals surface area contributed by atoms with Crippen molar-refractivity contribution in [2.45, 2.75) is 31.6 Å². The van der Waals surface area contributed by atoms with Gasteiger partial charge >= 0.3 is 5.97 Å². The summed E-state index contributed by atoms with van der Waals surface area (Å²) in [6, 6.07) is 7.28. The normalized spacial score (nSPS) is 15.3. The van der Waals surface area contributed by atoms with Gasteiger partial charge in [-0.3, -0.25) is 0 Å². The van der Waals surface area contributed by atoms with Crippen molar-refractivity contribution in [1.82, 2.24) is 5.16 Å². The van der Waals surface area contributed by atoms with Gasteiger partial charge in [-0.15, -0.1) is 0 Å². The highest BCUT2D eigenvalue weighted by molar-refractivity contribution is 5.85. The van der Waals surface area contributed by atoms with Gasteiger partial charge in [-0.05, 0) is 42.5 Å². The number of nitrogens with zero attached hydrogens (tertiary/aromatic N) is 1. The topological polar surface area (TPSA) is 72.6 Å². The van der Waals surface area contributed by atoms with Crippen molar-refractivity contribution in [3.8, 4) is 17.0 Å². The first-order chi connectivity index (χ1) is 10.2. The molecule has 1 aliphatic rings. The number of aromatic nitrogens is 1. The van der Waals surface area contributed by atoms with Crippen LogP contribution in [0.3, 0.4) is 0 Å². The van der Waals surface area contributed by atoms with Gasteiger partial charge in [-0.1, -0.05) is 18.0 Å². The van der Waals surface area contributed by atoms with E-state index in [4.69, 9.17) is 14.4 Å². The Morgan fingerprint density at radius 1 is 1.33 bits per heavy atom. The van der Waals surface area contributed by atoms with Gasteiger partial charge in [-0.2, -0.15) is 0 Å². The molecule has 0 spiro atoms. The molecule has 1 aromatic carbocycles. The van der Waals surface area contributed by atoms with Gasteiger partial charge in [0.1, 0.15) is 11.4 Å². The molecule has 1 aliphatic carbocycles. The number of hydrogen-bond donors (Lipinski definition) is 1. The molecule has 1 saturated carbocycles. The number of rotatable bonds is 4. The maximum Gasteiger partial charge on any atom is 0.374 e. The lowest BCUT2D eigenvalue weighted by Gasteiger charge is -2.15. The van der Waals surface area contributed by atoms with Gasteiger partial charge in [0.05, 0.1) is 7.11 Å². The molecule has 5 heteroatoms. The first-order valence-electron chi connectivity index (χ1n) is 7.07. The molecule has 0 unspecified atom stereocenters. The molecule has 0 atom stereocenters. The molecule has 0 amide bonds. The quantitative estimate of drug-likeness (QED) is 0.928. The smallest absolute Gasteiger partial charge is 0.374 e. The molecule has 21 heavy (non-hydrogen) atoms. The van der Waals surface area contributed by atoms with Crippen molar-refractivity contribution < 1.29 is 19.2 Å². The zero-order valence-electron chi connectivity index (χ0n) is 11.8. The molecule has 3 rings (SSSR count). The molecule has 5 nitrogen and oxygen atoms in total. The van der Waals surface area contributed by atoms with Crippen LogP contribution in [-0.4, -0.2) is 23.3 Å². The second-order valence-electron chi connectivity index (χ2n) is 5.32. The van der Waals surface area contributed by atoms with Crippen LogP contribution in [0.2, 0.25) is 0 Å². The van der Waals surface area contributed by atoms with Gasteiger partial charge in [0.2, 0.25) is 5.76 Å². The summed E-state index contributed by atoms with van der Waals surface area (Å²) in [5, 5.41) is 12.7. The van der Waals surface area contributed by atoms with E-state index < -0.39 is 5.97 Å². The molecule has 1 fully saturated rings. The monoisotopic (exact) mass is 287 g/mol. The number of methoxy groups -OCH3 is 1. The minimum Gasteiger partial charge on any atom is -0.496 e. The van der Waals surface area contributed by atoms with Crippen molar-refractivity contribution in [3.05, 3.63) is 35.6 Å². The maximum atomic E-state index is 10.9. The van der Waals surface area contributed by atoms with E-state index >= 15 is 0 Å². The lowest BCUT2D eigenvalue weighted by molar-refractivity contribution is 0.0652. The minimum atomic E-state index is -1.11. The third kappa shape index (κ3) is 2.63. The average molecular weight is 287 g/mol. The molecule has 1 heterocycles. The van der Waals surface area contributed by atoms with E-state index in [9.17, 15) is 4.79 Å². The van der Waals surface area contributed by atoms with Crippen LogP contribution >= 0.6 is 0 Å². The summed E-state index contributed by atoms with van der Waals surface area (Å²) in [4.78, 5) is 10.9. The minimum absolute atomic E-state index is 0.150. The average Bonchev–Trinajstić information content (AvgIpc) is 3.18. The van der Waals surface area contributed by atoms with Crippen molar-refractivity contribution in [1.29, 1.82) is 0 Å². The maximum absolute atomic E-state index is 10.9. The summed E-state index contributed by atoms with van der Waals surface area (Å²) in [6.45, 7) is 0. The van der Waals surface area contributed by atoms with Gasteiger partial charge in [0.25, 0.3) is 0 Å². The number of carboxylic acids is 1. The molecular formula is C16H17NO4. The van der Waals surface area contributed by atoms with Gasteiger partial charge in [0.15, 0.2) is 0 Å². The summed E-state index contributed by atoms with van der Waals surface area (Å²) in [5.74, 6) is 0.125. The molecule has 2 aromatic rings. The zero-order valence-corrected chi connectivity index (χ0v) is 11.8. The molecule has 1 N–H and O–H groups in total. The summed E-state index contributed by atoms with van der Waals surface area (Å²) in [6.07, 6.45) is 4.81. The molecule has 0 radical (unpaired) electrons. The number of carboxylic acid groups (broad SMARTS) is 1. The van der Waals surface area contributed by atoms with Crippen LogP contribution in [0.25, 0.3) is 11.3 Å². The summed E-state index contributed by atoms with van der Waals surface area (Å²) >= 11 is 0. The van der Waals surface area contributed by atoms with E-state index in [-0.39, 0.29) is 5.76 Å². The molecule has 1 aromatic heterocycles. The molecule has 0 saturated heterocycles. The third-order valence-electron chi connectivity index (χ3n) is 4.04. The summed E-state index contributed by atoms with van der Waals surface area (Å²) in [7, 11) is 1.67. The highest BCUT2D eigenvalue weighted by atomic mass is 16.5. The second-order valence-corrected chi connectivity index (χ2v) is 5.32.